The van der Waals surface area contributed by atoms with Crippen molar-refractivity contribution in [1.82, 2.24) is 19.8 Å². The van der Waals surface area contributed by atoms with Crippen LogP contribution >= 0.6 is 0 Å². The number of pyridine rings is 1. The summed E-state index contributed by atoms with van der Waals surface area (Å²) in [5.74, 6) is -0.486. The normalized spacial score (nSPS) is 19.4. The van der Waals surface area contributed by atoms with E-state index in [2.05, 4.69) is 10.3 Å². The molecule has 0 aromatic carbocycles. The predicted molar refractivity (Wildman–Crippen MR) is 118 cm³/mol. The summed E-state index contributed by atoms with van der Waals surface area (Å²) < 4.78 is 46.0. The van der Waals surface area contributed by atoms with Crippen LogP contribution in [-0.4, -0.2) is 45.5 Å². The Hall–Kier alpha value is -2.88. The van der Waals surface area contributed by atoms with Gasteiger partial charge in [-0.3, -0.25) is 14.6 Å². The molecule has 7 nitrogen and oxygen atoms in total. The zero-order valence-corrected chi connectivity index (χ0v) is 19.3. The number of hydrogen-bond acceptors (Lipinski definition) is 4. The Morgan fingerprint density at radius 2 is 2.06 bits per heavy atom. The topological polar surface area (TPSA) is 76.5 Å². The lowest BCUT2D eigenvalue weighted by molar-refractivity contribution is -0.141. The summed E-state index contributed by atoms with van der Waals surface area (Å²) in [6, 6.07) is 3.48. The molecule has 34 heavy (non-hydrogen) atoms. The minimum Gasteiger partial charge on any atom is -0.373 e. The van der Waals surface area contributed by atoms with Gasteiger partial charge in [0.1, 0.15) is 11.4 Å². The number of carbonyl (C=O) groups excluding carboxylic acids is 2. The van der Waals surface area contributed by atoms with E-state index in [9.17, 15) is 22.8 Å². The Labute approximate surface area is 196 Å². The first-order chi connectivity index (χ1) is 16.2. The molecule has 4 rings (SSSR count). The predicted octanol–water partition coefficient (Wildman–Crippen LogP) is 4.33. The molecule has 2 aliphatic heterocycles. The van der Waals surface area contributed by atoms with Crippen molar-refractivity contribution in [3.63, 3.8) is 0 Å². The third-order valence-electron chi connectivity index (χ3n) is 6.63. The number of nitrogens with one attached hydrogen (secondary N) is 1. The number of halogens is 3. The van der Waals surface area contributed by atoms with Crippen LogP contribution in [0.1, 0.15) is 83.4 Å². The van der Waals surface area contributed by atoms with Crippen molar-refractivity contribution in [3.8, 4) is 0 Å². The van der Waals surface area contributed by atoms with E-state index in [4.69, 9.17) is 4.74 Å². The average molecular weight is 479 g/mol. The molecule has 10 heteroatoms. The fraction of sp³-hybridized carbons (Fsp3) is 0.542. The molecule has 4 heterocycles. The molecule has 2 amide bonds. The van der Waals surface area contributed by atoms with Gasteiger partial charge in [0.25, 0.3) is 11.8 Å². The van der Waals surface area contributed by atoms with E-state index in [0.717, 1.165) is 31.5 Å². The van der Waals surface area contributed by atoms with Gasteiger partial charge < -0.3 is 19.5 Å². The smallest absolute Gasteiger partial charge is 0.373 e. The molecule has 2 aromatic heterocycles. The Morgan fingerprint density at radius 1 is 1.26 bits per heavy atom. The van der Waals surface area contributed by atoms with Crippen LogP contribution in [0, 0.1) is 0 Å². The molecular formula is C24H29F3N4O3. The van der Waals surface area contributed by atoms with Gasteiger partial charge in [0.05, 0.1) is 30.5 Å². The van der Waals surface area contributed by atoms with Crippen LogP contribution in [0.25, 0.3) is 0 Å². The van der Waals surface area contributed by atoms with Gasteiger partial charge in [-0.15, -0.1) is 0 Å². The number of piperidine rings is 1. The molecule has 0 radical (unpaired) electrons. The van der Waals surface area contributed by atoms with Crippen molar-refractivity contribution in [2.24, 2.45) is 0 Å². The molecular weight excluding hydrogens is 449 g/mol. The molecule has 0 spiro atoms. The summed E-state index contributed by atoms with van der Waals surface area (Å²) in [4.78, 5) is 32.0. The summed E-state index contributed by atoms with van der Waals surface area (Å²) in [5.41, 5.74) is 0.961. The maximum absolute atomic E-state index is 13.4. The molecule has 1 saturated heterocycles. The summed E-state index contributed by atoms with van der Waals surface area (Å²) in [5, 5.41) is 2.89. The molecule has 184 valence electrons. The highest BCUT2D eigenvalue weighted by Crippen LogP contribution is 2.29. The number of hydrogen-bond donors (Lipinski definition) is 1. The van der Waals surface area contributed by atoms with Gasteiger partial charge in [0.2, 0.25) is 0 Å². The summed E-state index contributed by atoms with van der Waals surface area (Å²) in [6.07, 6.45) is 0.0824. The molecule has 0 saturated carbocycles. The number of ether oxygens (including phenoxy) is 1. The Kier molecular flexibility index (Phi) is 6.97. The highest BCUT2D eigenvalue weighted by atomic mass is 19.4. The van der Waals surface area contributed by atoms with Gasteiger partial charge in [-0.25, -0.2) is 0 Å². The minimum atomic E-state index is -4.52. The van der Waals surface area contributed by atoms with E-state index < -0.39 is 23.8 Å². The van der Waals surface area contributed by atoms with Crippen molar-refractivity contribution in [3.05, 3.63) is 52.6 Å². The first-order valence-electron chi connectivity index (χ1n) is 11.7. The minimum absolute atomic E-state index is 0.0895. The van der Waals surface area contributed by atoms with E-state index in [1.54, 1.807) is 6.07 Å². The first-order valence-corrected chi connectivity index (χ1v) is 11.7. The van der Waals surface area contributed by atoms with Gasteiger partial charge in [-0.1, -0.05) is 13.0 Å². The molecule has 0 bridgehead atoms. The van der Waals surface area contributed by atoms with Crippen molar-refractivity contribution in [2.75, 3.05) is 13.2 Å². The molecule has 2 aliphatic rings. The Balaban J connectivity index is 1.58. The number of nitrogens with zero attached hydrogens (tertiary/aromatic N) is 3. The lowest BCUT2D eigenvalue weighted by Gasteiger charge is -2.34. The van der Waals surface area contributed by atoms with Gasteiger partial charge >= 0.3 is 6.18 Å². The zero-order chi connectivity index (χ0) is 24.5. The third-order valence-corrected chi connectivity index (χ3v) is 6.63. The van der Waals surface area contributed by atoms with Gasteiger partial charge in [-0.05, 0) is 50.3 Å². The molecule has 1 fully saturated rings. The number of alkyl halides is 3. The van der Waals surface area contributed by atoms with E-state index in [-0.39, 0.29) is 18.6 Å². The Morgan fingerprint density at radius 3 is 2.71 bits per heavy atom. The van der Waals surface area contributed by atoms with Crippen LogP contribution in [-0.2, 0) is 24.1 Å². The lowest BCUT2D eigenvalue weighted by atomic mass is 10.0. The highest BCUT2D eigenvalue weighted by Gasteiger charge is 2.33. The van der Waals surface area contributed by atoms with E-state index >= 15 is 0 Å². The quantitative estimate of drug-likeness (QED) is 0.694. The highest BCUT2D eigenvalue weighted by molar-refractivity contribution is 6.01. The van der Waals surface area contributed by atoms with Crippen molar-refractivity contribution < 1.29 is 27.5 Å². The van der Waals surface area contributed by atoms with Gasteiger partial charge in [-0.2, -0.15) is 13.2 Å². The summed E-state index contributed by atoms with van der Waals surface area (Å²) >= 11 is 0. The number of likely N-dealkylation sites (tertiary alicyclic amines) is 1. The Bertz CT molecular complexity index is 1050. The van der Waals surface area contributed by atoms with Crippen LogP contribution in [0.2, 0.25) is 0 Å². The van der Waals surface area contributed by atoms with Crippen LogP contribution in [0.15, 0.2) is 24.4 Å². The fourth-order valence-electron chi connectivity index (χ4n) is 4.68. The summed E-state index contributed by atoms with van der Waals surface area (Å²) in [6.45, 7) is 5.70. The number of aromatic nitrogens is 2. The molecule has 0 aliphatic carbocycles. The van der Waals surface area contributed by atoms with E-state index in [1.807, 2.05) is 23.3 Å². The van der Waals surface area contributed by atoms with E-state index in [0.29, 0.717) is 48.6 Å². The molecule has 2 unspecified atom stereocenters. The fourth-order valence-corrected chi connectivity index (χ4v) is 4.68. The second-order valence-corrected chi connectivity index (χ2v) is 8.85. The monoisotopic (exact) mass is 478 g/mol. The molecule has 2 atom stereocenters. The van der Waals surface area contributed by atoms with Crippen LogP contribution in [0.3, 0.4) is 0 Å². The lowest BCUT2D eigenvalue weighted by Crippen LogP contribution is -2.43. The maximum Gasteiger partial charge on any atom is 0.433 e. The molecule has 2 aromatic rings. The average Bonchev–Trinajstić information content (AvgIpc) is 3.22. The third kappa shape index (κ3) is 4.82. The first kappa shape index (κ1) is 24.3. The number of amides is 2. The SMILES string of the molecule is CCC(NC(=O)c1cc(C(=O)N2CCCCC2C)n2c1COCC2)c1ccc(C(F)(F)F)nc1. The van der Waals surface area contributed by atoms with Crippen LogP contribution in [0.4, 0.5) is 13.2 Å². The zero-order valence-electron chi connectivity index (χ0n) is 19.3. The van der Waals surface area contributed by atoms with Crippen molar-refractivity contribution in [2.45, 2.75) is 70.9 Å². The van der Waals surface area contributed by atoms with Crippen molar-refractivity contribution in [1.29, 1.82) is 0 Å². The van der Waals surface area contributed by atoms with Crippen molar-refractivity contribution >= 4 is 11.8 Å². The number of rotatable bonds is 5. The molecule has 1 N–H and O–H groups in total. The second kappa shape index (κ2) is 9.77. The standard InChI is InChI=1S/C24H29F3N4O3/c1-3-18(16-7-8-21(28-13-16)24(25,26)27)29-22(32)17-12-19(31-10-11-34-14-20(17)31)23(33)30-9-5-4-6-15(30)2/h7-8,12-13,15,18H,3-6,9-11,14H2,1-2H3,(H,29,32). The van der Waals surface area contributed by atoms with E-state index in [1.165, 1.54) is 6.07 Å². The van der Waals surface area contributed by atoms with Gasteiger partial charge in [0, 0.05) is 25.3 Å². The number of carbonyl (C=O) groups is 2. The number of fused-ring (bicyclic) bond motifs is 1. The van der Waals surface area contributed by atoms with Crippen LogP contribution < -0.4 is 5.32 Å². The van der Waals surface area contributed by atoms with Gasteiger partial charge in [0.15, 0.2) is 0 Å². The maximum atomic E-state index is 13.4. The second-order valence-electron chi connectivity index (χ2n) is 8.85. The van der Waals surface area contributed by atoms with Crippen LogP contribution in [0.5, 0.6) is 0 Å². The largest absolute Gasteiger partial charge is 0.433 e. The summed E-state index contributed by atoms with van der Waals surface area (Å²) in [7, 11) is 0.